The number of allylic oxidation sites excluding steroid dienone is 4. The largest absolute Gasteiger partial charge is 0.466 e. The third kappa shape index (κ3) is 73.3. The molecule has 0 saturated heterocycles. The van der Waals surface area contributed by atoms with E-state index in [9.17, 15) is 19.8 Å². The third-order valence-corrected chi connectivity index (χ3v) is 19.0. The Morgan fingerprint density at radius 1 is 0.310 bits per heavy atom. The lowest BCUT2D eigenvalue weighted by Crippen LogP contribution is -2.45. The van der Waals surface area contributed by atoms with Crippen LogP contribution in [0.15, 0.2) is 24.3 Å². The molecule has 0 saturated carbocycles. The minimum atomic E-state index is -0.662. The Kier molecular flexibility index (Phi) is 75.3. The molecule has 0 spiro atoms. The second-order valence-corrected chi connectivity index (χ2v) is 27.7. The van der Waals surface area contributed by atoms with Gasteiger partial charge in [0.05, 0.1) is 25.4 Å². The summed E-state index contributed by atoms with van der Waals surface area (Å²) in [4.78, 5) is 24.6. The number of amides is 1. The maximum absolute atomic E-state index is 12.6. The maximum atomic E-state index is 12.6. The lowest BCUT2D eigenvalue weighted by Gasteiger charge is -2.22. The number of esters is 1. The van der Waals surface area contributed by atoms with Crippen molar-refractivity contribution in [2.75, 3.05) is 13.2 Å². The van der Waals surface area contributed by atoms with Gasteiger partial charge in [0.15, 0.2) is 0 Å². The quantitative estimate of drug-likeness (QED) is 0.0320. The molecule has 0 aromatic heterocycles. The van der Waals surface area contributed by atoms with Gasteiger partial charge in [-0.05, 0) is 77.0 Å². The average molecular weight is 1230 g/mol. The number of carbonyl (C=O) groups is 2. The Bertz CT molecular complexity index is 1360. The first-order valence-electron chi connectivity index (χ1n) is 40.1. The van der Waals surface area contributed by atoms with Gasteiger partial charge < -0.3 is 20.3 Å². The molecule has 1 amide bonds. The molecule has 0 rings (SSSR count). The van der Waals surface area contributed by atoms with Crippen LogP contribution in [0.25, 0.3) is 0 Å². The molecular formula is C81H157NO5. The van der Waals surface area contributed by atoms with Crippen LogP contribution in [0.3, 0.4) is 0 Å². The summed E-state index contributed by atoms with van der Waals surface area (Å²) in [7, 11) is 0. The van der Waals surface area contributed by atoms with Crippen molar-refractivity contribution in [2.45, 2.75) is 469 Å². The van der Waals surface area contributed by atoms with Crippen LogP contribution < -0.4 is 5.32 Å². The first kappa shape index (κ1) is 85.3. The lowest BCUT2D eigenvalue weighted by atomic mass is 10.0. The number of unbranched alkanes of at least 4 members (excludes halogenated alkanes) is 61. The van der Waals surface area contributed by atoms with E-state index in [1.54, 1.807) is 0 Å². The van der Waals surface area contributed by atoms with E-state index in [0.29, 0.717) is 25.9 Å². The van der Waals surface area contributed by atoms with Crippen LogP contribution in [0, 0.1) is 0 Å². The number of hydrogen-bond donors (Lipinski definition) is 3. The van der Waals surface area contributed by atoms with Crippen molar-refractivity contribution in [3.63, 3.8) is 0 Å². The first-order chi connectivity index (χ1) is 43.0. The first-order valence-corrected chi connectivity index (χ1v) is 40.1. The average Bonchev–Trinajstić information content (AvgIpc) is 3.52. The number of aliphatic hydroxyl groups excluding tert-OH is 2. The van der Waals surface area contributed by atoms with Crippen LogP contribution >= 0.6 is 0 Å². The molecule has 2 unspecified atom stereocenters. The van der Waals surface area contributed by atoms with Crippen molar-refractivity contribution in [3.8, 4) is 0 Å². The van der Waals surface area contributed by atoms with Crippen molar-refractivity contribution in [1.82, 2.24) is 5.32 Å². The standard InChI is InChI=1S/C81H157NO5/c1-3-5-7-9-11-13-15-17-19-20-21-39-42-46-49-53-57-61-65-69-73-79(84)78(77-83)82-80(85)74-70-66-62-58-54-50-47-43-40-37-35-33-31-29-27-25-23-22-24-26-28-30-32-34-36-38-41-44-48-52-56-60-64-68-72-76-87-81(86)75-71-67-63-59-55-51-45-18-16-14-12-10-8-6-4-2/h18,24,26,45,78-79,83-84H,3-17,19-23,25,27-44,46-77H2,1-2H3,(H,82,85)/b26-24-,45-18-. The van der Waals surface area contributed by atoms with E-state index in [1.807, 2.05) is 0 Å². The van der Waals surface area contributed by atoms with E-state index in [-0.39, 0.29) is 18.5 Å². The highest BCUT2D eigenvalue weighted by Crippen LogP contribution is 2.20. The Labute approximate surface area is 545 Å². The van der Waals surface area contributed by atoms with Gasteiger partial charge >= 0.3 is 5.97 Å². The Hall–Kier alpha value is -1.66. The summed E-state index contributed by atoms with van der Waals surface area (Å²) in [5, 5.41) is 23.4. The monoisotopic (exact) mass is 1220 g/mol. The summed E-state index contributed by atoms with van der Waals surface area (Å²) in [6, 6.07) is -0.539. The second-order valence-electron chi connectivity index (χ2n) is 27.7. The molecule has 0 fully saturated rings. The van der Waals surface area contributed by atoms with Crippen LogP contribution in [-0.2, 0) is 14.3 Å². The molecule has 0 radical (unpaired) electrons. The van der Waals surface area contributed by atoms with Gasteiger partial charge in [-0.3, -0.25) is 9.59 Å². The molecule has 0 heterocycles. The summed E-state index contributed by atoms with van der Waals surface area (Å²) in [5.74, 6) is -0.0131. The van der Waals surface area contributed by atoms with Gasteiger partial charge in [0.25, 0.3) is 0 Å². The SMILES string of the molecule is CCCCCCCC/C=C\CCCCCCCC(=O)OCCCCCCCCCCCCCCCC/C=C\CCCCCCCCCCCCCCCCCCCC(=O)NC(CO)C(O)CCCCCCCCCCCCCCCCCCCCCC. The molecule has 0 aliphatic rings. The number of nitrogens with one attached hydrogen (secondary N) is 1. The highest BCUT2D eigenvalue weighted by molar-refractivity contribution is 5.76. The second kappa shape index (κ2) is 76.8. The molecule has 6 nitrogen and oxygen atoms in total. The molecule has 0 aromatic rings. The zero-order chi connectivity index (χ0) is 62.8. The Morgan fingerprint density at radius 3 is 0.816 bits per heavy atom. The fraction of sp³-hybridized carbons (Fsp3) is 0.926. The topological polar surface area (TPSA) is 95.9 Å². The van der Waals surface area contributed by atoms with Crippen LogP contribution in [0.2, 0.25) is 0 Å². The Balaban J connectivity index is 3.34. The van der Waals surface area contributed by atoms with Gasteiger partial charge in [-0.25, -0.2) is 0 Å². The van der Waals surface area contributed by atoms with Crippen LogP contribution in [0.4, 0.5) is 0 Å². The predicted molar refractivity (Wildman–Crippen MR) is 384 cm³/mol. The molecule has 0 aliphatic heterocycles. The summed E-state index contributed by atoms with van der Waals surface area (Å²) < 4.78 is 5.50. The molecule has 0 aromatic carbocycles. The minimum absolute atomic E-state index is 0.0132. The number of rotatable bonds is 76. The van der Waals surface area contributed by atoms with Crippen LogP contribution in [0.1, 0.15) is 457 Å². The summed E-state index contributed by atoms with van der Waals surface area (Å²) in [6.07, 6.45) is 98.5. The van der Waals surface area contributed by atoms with Crippen molar-refractivity contribution >= 4 is 11.9 Å². The molecule has 2 atom stereocenters. The summed E-state index contributed by atoms with van der Waals surface area (Å²) in [6.45, 7) is 5.00. The summed E-state index contributed by atoms with van der Waals surface area (Å²) >= 11 is 0. The van der Waals surface area contributed by atoms with Gasteiger partial charge in [0.1, 0.15) is 0 Å². The van der Waals surface area contributed by atoms with Gasteiger partial charge in [0, 0.05) is 12.8 Å². The van der Waals surface area contributed by atoms with Gasteiger partial charge in [-0.1, -0.05) is 391 Å². The lowest BCUT2D eigenvalue weighted by molar-refractivity contribution is -0.143. The molecule has 0 aliphatic carbocycles. The van der Waals surface area contributed by atoms with E-state index in [0.717, 1.165) is 44.9 Å². The highest BCUT2D eigenvalue weighted by Gasteiger charge is 2.20. The minimum Gasteiger partial charge on any atom is -0.466 e. The number of hydrogen-bond acceptors (Lipinski definition) is 5. The van der Waals surface area contributed by atoms with E-state index >= 15 is 0 Å². The maximum Gasteiger partial charge on any atom is 0.305 e. The van der Waals surface area contributed by atoms with Gasteiger partial charge in [-0.2, -0.15) is 0 Å². The number of aliphatic hydroxyl groups is 2. The molecule has 3 N–H and O–H groups in total. The van der Waals surface area contributed by atoms with Crippen LogP contribution in [-0.4, -0.2) is 47.4 Å². The van der Waals surface area contributed by atoms with E-state index in [1.165, 1.54) is 379 Å². The third-order valence-electron chi connectivity index (χ3n) is 19.0. The highest BCUT2D eigenvalue weighted by atomic mass is 16.5. The predicted octanol–water partition coefficient (Wildman–Crippen LogP) is 26.4. The number of ether oxygens (including phenoxy) is 1. The zero-order valence-corrected chi connectivity index (χ0v) is 59.3. The van der Waals surface area contributed by atoms with Crippen molar-refractivity contribution < 1.29 is 24.5 Å². The molecule has 0 bridgehead atoms. The summed E-state index contributed by atoms with van der Waals surface area (Å²) in [5.41, 5.74) is 0. The Morgan fingerprint density at radius 2 is 0.540 bits per heavy atom. The molecule has 87 heavy (non-hydrogen) atoms. The van der Waals surface area contributed by atoms with E-state index in [2.05, 4.69) is 43.5 Å². The molecular weight excluding hydrogens is 1070 g/mol. The van der Waals surface area contributed by atoms with Crippen molar-refractivity contribution in [3.05, 3.63) is 24.3 Å². The number of carbonyl (C=O) groups excluding carboxylic acids is 2. The van der Waals surface area contributed by atoms with Crippen LogP contribution in [0.5, 0.6) is 0 Å². The van der Waals surface area contributed by atoms with Gasteiger partial charge in [-0.15, -0.1) is 0 Å². The fourth-order valence-corrected chi connectivity index (χ4v) is 12.9. The van der Waals surface area contributed by atoms with E-state index < -0.39 is 12.1 Å². The van der Waals surface area contributed by atoms with Crippen molar-refractivity contribution in [2.24, 2.45) is 0 Å². The normalized spacial score (nSPS) is 12.6. The molecule has 516 valence electrons. The van der Waals surface area contributed by atoms with Crippen molar-refractivity contribution in [1.29, 1.82) is 0 Å². The zero-order valence-electron chi connectivity index (χ0n) is 59.3. The van der Waals surface area contributed by atoms with E-state index in [4.69, 9.17) is 4.74 Å². The fourth-order valence-electron chi connectivity index (χ4n) is 12.9. The smallest absolute Gasteiger partial charge is 0.305 e. The van der Waals surface area contributed by atoms with Gasteiger partial charge in [0.2, 0.25) is 5.91 Å². The molecule has 6 heteroatoms.